The summed E-state index contributed by atoms with van der Waals surface area (Å²) in [5, 5.41) is 9.01. The van der Waals surface area contributed by atoms with E-state index in [9.17, 15) is 9.59 Å². The predicted octanol–water partition coefficient (Wildman–Crippen LogP) is 1.66. The van der Waals surface area contributed by atoms with Crippen molar-refractivity contribution in [2.45, 2.75) is 6.61 Å². The molecule has 0 atom stereocenters. The molecular formula is C14H13NO4. The molecule has 0 spiro atoms. The van der Waals surface area contributed by atoms with Crippen LogP contribution >= 0.6 is 0 Å². The minimum absolute atomic E-state index is 0.103. The van der Waals surface area contributed by atoms with Crippen molar-refractivity contribution in [3.05, 3.63) is 64.1 Å². The molecule has 1 N–H and O–H groups in total. The lowest BCUT2D eigenvalue weighted by Gasteiger charge is -2.09. The minimum atomic E-state index is -1.04. The van der Waals surface area contributed by atoms with Crippen molar-refractivity contribution in [1.82, 2.24) is 4.57 Å². The van der Waals surface area contributed by atoms with Gasteiger partial charge in [0.1, 0.15) is 17.9 Å². The normalized spacial score (nSPS) is 10.2. The standard InChI is InChI=1S/C14H13NO4/c1-15-7-6-10(8-13(15)16)9-19-12-5-3-2-4-11(12)14(17)18/h2-8H,9H2,1H3,(H,17,18). The number of aromatic nitrogens is 1. The van der Waals surface area contributed by atoms with E-state index in [0.29, 0.717) is 5.56 Å². The number of pyridine rings is 1. The number of aryl methyl sites for hydroxylation is 1. The third-order valence-corrected chi connectivity index (χ3v) is 2.68. The Bertz CT molecular complexity index is 660. The molecule has 98 valence electrons. The van der Waals surface area contributed by atoms with Gasteiger partial charge < -0.3 is 14.4 Å². The Kier molecular flexibility index (Phi) is 3.66. The van der Waals surface area contributed by atoms with Gasteiger partial charge in [0, 0.05) is 19.3 Å². The van der Waals surface area contributed by atoms with E-state index in [-0.39, 0.29) is 23.5 Å². The van der Waals surface area contributed by atoms with E-state index >= 15 is 0 Å². The molecule has 5 heteroatoms. The summed E-state index contributed by atoms with van der Waals surface area (Å²) in [6.07, 6.45) is 1.64. The zero-order chi connectivity index (χ0) is 13.8. The van der Waals surface area contributed by atoms with Crippen LogP contribution in [0.15, 0.2) is 47.4 Å². The van der Waals surface area contributed by atoms with Gasteiger partial charge >= 0.3 is 5.97 Å². The molecular weight excluding hydrogens is 246 g/mol. The average Bonchev–Trinajstić information content (AvgIpc) is 2.40. The fraction of sp³-hybridized carbons (Fsp3) is 0.143. The first kappa shape index (κ1) is 12.9. The summed E-state index contributed by atoms with van der Waals surface area (Å²) in [6, 6.07) is 9.61. The smallest absolute Gasteiger partial charge is 0.339 e. The van der Waals surface area contributed by atoms with Crippen LogP contribution in [0, 0.1) is 0 Å². The summed E-state index contributed by atoms with van der Waals surface area (Å²) < 4.78 is 6.90. The van der Waals surface area contributed by atoms with Crippen LogP contribution in [0.5, 0.6) is 5.75 Å². The Balaban J connectivity index is 2.16. The lowest BCUT2D eigenvalue weighted by molar-refractivity contribution is 0.0692. The van der Waals surface area contributed by atoms with E-state index < -0.39 is 5.97 Å². The number of aromatic carboxylic acids is 1. The molecule has 19 heavy (non-hydrogen) atoms. The molecule has 0 saturated heterocycles. The first-order valence-electron chi connectivity index (χ1n) is 5.68. The number of carboxylic acids is 1. The molecule has 2 rings (SSSR count). The van der Waals surface area contributed by atoms with E-state index in [4.69, 9.17) is 9.84 Å². The summed E-state index contributed by atoms with van der Waals surface area (Å²) in [4.78, 5) is 22.4. The summed E-state index contributed by atoms with van der Waals surface area (Å²) in [7, 11) is 1.66. The summed E-state index contributed by atoms with van der Waals surface area (Å²) in [6.45, 7) is 0.153. The molecule has 0 aliphatic heterocycles. The van der Waals surface area contributed by atoms with Crippen LogP contribution in [-0.2, 0) is 13.7 Å². The largest absolute Gasteiger partial charge is 0.488 e. The summed E-state index contributed by atoms with van der Waals surface area (Å²) in [5.41, 5.74) is 0.669. The summed E-state index contributed by atoms with van der Waals surface area (Å²) in [5.74, 6) is -0.754. The van der Waals surface area contributed by atoms with Gasteiger partial charge in [-0.25, -0.2) is 4.79 Å². The Hall–Kier alpha value is -2.56. The monoisotopic (exact) mass is 259 g/mol. The van der Waals surface area contributed by atoms with E-state index in [0.717, 1.165) is 0 Å². The molecule has 0 radical (unpaired) electrons. The first-order valence-corrected chi connectivity index (χ1v) is 5.68. The third kappa shape index (κ3) is 3.01. The molecule has 2 aromatic rings. The van der Waals surface area contributed by atoms with Crippen molar-refractivity contribution < 1.29 is 14.6 Å². The van der Waals surface area contributed by atoms with Gasteiger partial charge in [-0.3, -0.25) is 4.79 Å². The molecule has 0 fully saturated rings. The highest BCUT2D eigenvalue weighted by atomic mass is 16.5. The minimum Gasteiger partial charge on any atom is -0.488 e. The fourth-order valence-corrected chi connectivity index (χ4v) is 1.61. The number of rotatable bonds is 4. The maximum atomic E-state index is 11.4. The number of nitrogens with zero attached hydrogens (tertiary/aromatic N) is 1. The first-order chi connectivity index (χ1) is 9.08. The number of carbonyl (C=O) groups is 1. The molecule has 0 unspecified atom stereocenters. The second kappa shape index (κ2) is 5.39. The molecule has 5 nitrogen and oxygen atoms in total. The van der Waals surface area contributed by atoms with Gasteiger partial charge in [0.25, 0.3) is 5.56 Å². The summed E-state index contributed by atoms with van der Waals surface area (Å²) >= 11 is 0. The number of carboxylic acid groups (broad SMARTS) is 1. The van der Waals surface area contributed by atoms with E-state index in [1.54, 1.807) is 37.5 Å². The van der Waals surface area contributed by atoms with Gasteiger partial charge in [0.2, 0.25) is 0 Å². The lowest BCUT2D eigenvalue weighted by Crippen LogP contribution is -2.15. The molecule has 0 amide bonds. The SMILES string of the molecule is Cn1ccc(COc2ccccc2C(=O)O)cc1=O. The Morgan fingerprint density at radius 2 is 2.05 bits per heavy atom. The topological polar surface area (TPSA) is 68.5 Å². The highest BCUT2D eigenvalue weighted by molar-refractivity contribution is 5.90. The molecule has 0 aliphatic carbocycles. The van der Waals surface area contributed by atoms with Crippen molar-refractivity contribution in [1.29, 1.82) is 0 Å². The zero-order valence-corrected chi connectivity index (χ0v) is 10.4. The van der Waals surface area contributed by atoms with Gasteiger partial charge in [0.15, 0.2) is 0 Å². The molecule has 0 bridgehead atoms. The maximum absolute atomic E-state index is 11.4. The second-order valence-electron chi connectivity index (χ2n) is 4.07. The van der Waals surface area contributed by atoms with Gasteiger partial charge in [0.05, 0.1) is 0 Å². The van der Waals surface area contributed by atoms with E-state index in [1.165, 1.54) is 16.7 Å². The Labute approximate surface area is 109 Å². The number of benzene rings is 1. The Morgan fingerprint density at radius 1 is 1.32 bits per heavy atom. The van der Waals surface area contributed by atoms with Crippen LogP contribution in [0.2, 0.25) is 0 Å². The third-order valence-electron chi connectivity index (χ3n) is 2.68. The van der Waals surface area contributed by atoms with Crippen LogP contribution in [0.25, 0.3) is 0 Å². The van der Waals surface area contributed by atoms with Crippen LogP contribution in [0.3, 0.4) is 0 Å². The van der Waals surface area contributed by atoms with E-state index in [1.807, 2.05) is 0 Å². The van der Waals surface area contributed by atoms with Crippen molar-refractivity contribution >= 4 is 5.97 Å². The molecule has 0 aliphatic rings. The fourth-order valence-electron chi connectivity index (χ4n) is 1.61. The number of ether oxygens (including phenoxy) is 1. The van der Waals surface area contributed by atoms with Gasteiger partial charge in [-0.15, -0.1) is 0 Å². The van der Waals surface area contributed by atoms with Crippen molar-refractivity contribution in [2.24, 2.45) is 7.05 Å². The lowest BCUT2D eigenvalue weighted by atomic mass is 10.2. The maximum Gasteiger partial charge on any atom is 0.339 e. The van der Waals surface area contributed by atoms with Crippen molar-refractivity contribution in [3.8, 4) is 5.75 Å². The van der Waals surface area contributed by atoms with Gasteiger partial charge in [-0.2, -0.15) is 0 Å². The molecule has 1 aromatic heterocycles. The zero-order valence-electron chi connectivity index (χ0n) is 10.4. The average molecular weight is 259 g/mol. The van der Waals surface area contributed by atoms with Crippen LogP contribution in [0.1, 0.15) is 15.9 Å². The highest BCUT2D eigenvalue weighted by Gasteiger charge is 2.10. The molecule has 1 heterocycles. The number of para-hydroxylation sites is 1. The van der Waals surface area contributed by atoms with Crippen LogP contribution in [-0.4, -0.2) is 15.6 Å². The van der Waals surface area contributed by atoms with Gasteiger partial charge in [-0.1, -0.05) is 12.1 Å². The van der Waals surface area contributed by atoms with Crippen molar-refractivity contribution in [3.63, 3.8) is 0 Å². The van der Waals surface area contributed by atoms with Crippen molar-refractivity contribution in [2.75, 3.05) is 0 Å². The highest BCUT2D eigenvalue weighted by Crippen LogP contribution is 2.18. The molecule has 0 saturated carbocycles. The quantitative estimate of drug-likeness (QED) is 0.906. The Morgan fingerprint density at radius 3 is 2.74 bits per heavy atom. The second-order valence-corrected chi connectivity index (χ2v) is 4.07. The number of hydrogen-bond donors (Lipinski definition) is 1. The van der Waals surface area contributed by atoms with Crippen LogP contribution < -0.4 is 10.3 Å². The number of hydrogen-bond acceptors (Lipinski definition) is 3. The van der Waals surface area contributed by atoms with Crippen LogP contribution in [0.4, 0.5) is 0 Å². The molecule has 1 aromatic carbocycles. The predicted molar refractivity (Wildman–Crippen MR) is 69.4 cm³/mol. The van der Waals surface area contributed by atoms with E-state index in [2.05, 4.69) is 0 Å². The van der Waals surface area contributed by atoms with Gasteiger partial charge in [-0.05, 0) is 23.8 Å².